The van der Waals surface area contributed by atoms with Gasteiger partial charge in [0.25, 0.3) is 0 Å². The van der Waals surface area contributed by atoms with Crippen LogP contribution in [-0.2, 0) is 6.54 Å². The maximum atomic E-state index is 5.38. The Morgan fingerprint density at radius 1 is 1.20 bits per heavy atom. The van der Waals surface area contributed by atoms with Crippen molar-refractivity contribution in [3.8, 4) is 5.75 Å². The van der Waals surface area contributed by atoms with E-state index in [0.29, 0.717) is 6.54 Å². The highest BCUT2D eigenvalue weighted by Crippen LogP contribution is 2.21. The minimum absolute atomic E-state index is 0. The standard InChI is InChI=1S/C19H32N4O.HI/c1-20-19(22-15-16-9-7-8-12-18(16)24-3)21-13-14-23(2)17-10-5-4-6-11-17;/h7-9,12,17H,4-6,10-11,13-15H2,1-3H3,(H2,20,21,22);1H. The van der Waals surface area contributed by atoms with E-state index >= 15 is 0 Å². The Balaban J connectivity index is 0.00000312. The predicted octanol–water partition coefficient (Wildman–Crippen LogP) is 3.24. The molecule has 1 aromatic rings. The molecule has 0 heterocycles. The molecule has 1 aliphatic rings. The number of aliphatic imine (C=N–C) groups is 1. The van der Waals surface area contributed by atoms with E-state index < -0.39 is 0 Å². The molecule has 1 aromatic carbocycles. The summed E-state index contributed by atoms with van der Waals surface area (Å²) in [6.45, 7) is 2.64. The number of benzene rings is 1. The first-order valence-electron chi connectivity index (χ1n) is 9.01. The fourth-order valence-electron chi connectivity index (χ4n) is 3.30. The summed E-state index contributed by atoms with van der Waals surface area (Å²) in [5.41, 5.74) is 1.13. The first kappa shape index (κ1) is 22.0. The fraction of sp³-hybridized carbons (Fsp3) is 0.632. The summed E-state index contributed by atoms with van der Waals surface area (Å²) in [6, 6.07) is 8.80. The second-order valence-electron chi connectivity index (χ2n) is 6.44. The van der Waals surface area contributed by atoms with Gasteiger partial charge in [-0.15, -0.1) is 24.0 Å². The van der Waals surface area contributed by atoms with E-state index in [2.05, 4.69) is 33.6 Å². The molecule has 0 amide bonds. The van der Waals surface area contributed by atoms with Gasteiger partial charge in [-0.25, -0.2) is 0 Å². The first-order valence-corrected chi connectivity index (χ1v) is 9.01. The van der Waals surface area contributed by atoms with Crippen molar-refractivity contribution in [3.05, 3.63) is 29.8 Å². The second kappa shape index (κ2) is 12.4. The van der Waals surface area contributed by atoms with Gasteiger partial charge in [-0.1, -0.05) is 37.5 Å². The van der Waals surface area contributed by atoms with Crippen LogP contribution in [0.4, 0.5) is 0 Å². The van der Waals surface area contributed by atoms with Crippen molar-refractivity contribution in [1.82, 2.24) is 15.5 Å². The number of hydrogen-bond acceptors (Lipinski definition) is 3. The SMILES string of the molecule is CN=C(NCCN(C)C1CCCCC1)NCc1ccccc1OC.I. The van der Waals surface area contributed by atoms with Gasteiger partial charge in [0.1, 0.15) is 5.75 Å². The van der Waals surface area contributed by atoms with Crippen LogP contribution < -0.4 is 15.4 Å². The van der Waals surface area contributed by atoms with Crippen LogP contribution in [0.2, 0.25) is 0 Å². The Bertz CT molecular complexity index is 518. The molecule has 1 saturated carbocycles. The van der Waals surface area contributed by atoms with Gasteiger partial charge in [0, 0.05) is 38.3 Å². The zero-order chi connectivity index (χ0) is 17.2. The summed E-state index contributed by atoms with van der Waals surface area (Å²) in [4.78, 5) is 6.79. The highest BCUT2D eigenvalue weighted by molar-refractivity contribution is 14.0. The fourth-order valence-corrected chi connectivity index (χ4v) is 3.30. The average molecular weight is 460 g/mol. The smallest absolute Gasteiger partial charge is 0.191 e. The number of para-hydroxylation sites is 1. The van der Waals surface area contributed by atoms with Crippen molar-refractivity contribution in [2.24, 2.45) is 4.99 Å². The number of hydrogen-bond donors (Lipinski definition) is 2. The lowest BCUT2D eigenvalue weighted by atomic mass is 9.94. The predicted molar refractivity (Wildman–Crippen MR) is 116 cm³/mol. The third-order valence-corrected chi connectivity index (χ3v) is 4.82. The van der Waals surface area contributed by atoms with Crippen LogP contribution in [0.5, 0.6) is 5.75 Å². The maximum Gasteiger partial charge on any atom is 0.191 e. The molecule has 0 radical (unpaired) electrons. The average Bonchev–Trinajstić information content (AvgIpc) is 2.65. The van der Waals surface area contributed by atoms with Crippen LogP contribution in [0.15, 0.2) is 29.3 Å². The van der Waals surface area contributed by atoms with Crippen molar-refractivity contribution < 1.29 is 4.74 Å². The Morgan fingerprint density at radius 2 is 1.92 bits per heavy atom. The quantitative estimate of drug-likeness (QED) is 0.373. The summed E-state index contributed by atoms with van der Waals surface area (Å²) >= 11 is 0. The molecule has 0 aromatic heterocycles. The van der Waals surface area contributed by atoms with Crippen LogP contribution in [0.1, 0.15) is 37.7 Å². The zero-order valence-electron chi connectivity index (χ0n) is 15.8. The summed E-state index contributed by atoms with van der Waals surface area (Å²) in [6.07, 6.45) is 6.85. The summed E-state index contributed by atoms with van der Waals surface area (Å²) in [7, 11) is 5.75. The van der Waals surface area contributed by atoms with Crippen molar-refractivity contribution in [1.29, 1.82) is 0 Å². The zero-order valence-corrected chi connectivity index (χ0v) is 18.1. The van der Waals surface area contributed by atoms with E-state index in [1.54, 1.807) is 7.11 Å². The Kier molecular flexibility index (Phi) is 10.9. The van der Waals surface area contributed by atoms with Crippen LogP contribution in [0, 0.1) is 0 Å². The molecule has 0 atom stereocenters. The van der Waals surface area contributed by atoms with E-state index in [4.69, 9.17) is 4.74 Å². The number of rotatable bonds is 7. The van der Waals surface area contributed by atoms with Crippen LogP contribution >= 0.6 is 24.0 Å². The molecule has 0 bridgehead atoms. The lowest BCUT2D eigenvalue weighted by Crippen LogP contribution is -2.43. The minimum Gasteiger partial charge on any atom is -0.496 e. The van der Waals surface area contributed by atoms with Crippen molar-refractivity contribution in [3.63, 3.8) is 0 Å². The highest BCUT2D eigenvalue weighted by Gasteiger charge is 2.17. The molecular formula is C19H33IN4O. The van der Waals surface area contributed by atoms with E-state index in [1.165, 1.54) is 32.1 Å². The number of ether oxygens (including phenoxy) is 1. The van der Waals surface area contributed by atoms with Gasteiger partial charge in [-0.05, 0) is 26.0 Å². The topological polar surface area (TPSA) is 48.9 Å². The monoisotopic (exact) mass is 460 g/mol. The van der Waals surface area contributed by atoms with Gasteiger partial charge in [0.2, 0.25) is 0 Å². The van der Waals surface area contributed by atoms with E-state index in [0.717, 1.165) is 36.4 Å². The van der Waals surface area contributed by atoms with Crippen LogP contribution in [0.25, 0.3) is 0 Å². The molecule has 0 unspecified atom stereocenters. The summed E-state index contributed by atoms with van der Waals surface area (Å²) in [5.74, 6) is 1.73. The Morgan fingerprint density at radius 3 is 2.60 bits per heavy atom. The van der Waals surface area contributed by atoms with Crippen LogP contribution in [-0.4, -0.2) is 51.2 Å². The highest BCUT2D eigenvalue weighted by atomic mass is 127. The molecule has 6 heteroatoms. The minimum atomic E-state index is 0. The van der Waals surface area contributed by atoms with Gasteiger partial charge < -0.3 is 20.3 Å². The maximum absolute atomic E-state index is 5.38. The van der Waals surface area contributed by atoms with Crippen molar-refractivity contribution in [2.45, 2.75) is 44.7 Å². The van der Waals surface area contributed by atoms with Gasteiger partial charge >= 0.3 is 0 Å². The van der Waals surface area contributed by atoms with Gasteiger partial charge in [0.15, 0.2) is 5.96 Å². The molecule has 2 N–H and O–H groups in total. The Hall–Kier alpha value is -1.02. The number of halogens is 1. The molecular weight excluding hydrogens is 427 g/mol. The Labute approximate surface area is 169 Å². The molecule has 1 fully saturated rings. The van der Waals surface area contributed by atoms with Crippen molar-refractivity contribution >= 4 is 29.9 Å². The molecule has 0 aliphatic heterocycles. The molecule has 2 rings (SSSR count). The molecule has 0 saturated heterocycles. The van der Waals surface area contributed by atoms with Crippen LogP contribution in [0.3, 0.4) is 0 Å². The second-order valence-corrected chi connectivity index (χ2v) is 6.44. The largest absolute Gasteiger partial charge is 0.496 e. The number of nitrogens with zero attached hydrogens (tertiary/aromatic N) is 2. The molecule has 25 heavy (non-hydrogen) atoms. The van der Waals surface area contributed by atoms with Gasteiger partial charge in [0.05, 0.1) is 7.11 Å². The first-order chi connectivity index (χ1) is 11.7. The van der Waals surface area contributed by atoms with E-state index in [1.807, 2.05) is 25.2 Å². The lowest BCUT2D eigenvalue weighted by Gasteiger charge is -2.31. The molecule has 1 aliphatic carbocycles. The van der Waals surface area contributed by atoms with Gasteiger partial charge in [-0.2, -0.15) is 0 Å². The summed E-state index contributed by atoms with van der Waals surface area (Å²) in [5, 5.41) is 6.76. The lowest BCUT2D eigenvalue weighted by molar-refractivity contribution is 0.194. The van der Waals surface area contributed by atoms with Crippen molar-refractivity contribution in [2.75, 3.05) is 34.3 Å². The normalized spacial score (nSPS) is 15.6. The molecule has 142 valence electrons. The molecule has 0 spiro atoms. The summed E-state index contributed by atoms with van der Waals surface area (Å²) < 4.78 is 5.38. The number of likely N-dealkylation sites (N-methyl/N-ethyl adjacent to an activating group) is 1. The van der Waals surface area contributed by atoms with E-state index in [9.17, 15) is 0 Å². The third-order valence-electron chi connectivity index (χ3n) is 4.82. The third kappa shape index (κ3) is 7.40. The number of guanidine groups is 1. The number of methoxy groups -OCH3 is 1. The van der Waals surface area contributed by atoms with Gasteiger partial charge in [-0.3, -0.25) is 4.99 Å². The number of nitrogens with one attached hydrogen (secondary N) is 2. The van der Waals surface area contributed by atoms with E-state index in [-0.39, 0.29) is 24.0 Å². The molecule has 5 nitrogen and oxygen atoms in total.